The van der Waals surface area contributed by atoms with Gasteiger partial charge in [-0.15, -0.1) is 0 Å². The van der Waals surface area contributed by atoms with Crippen LogP contribution in [0, 0.1) is 0 Å². The molecule has 5 nitrogen and oxygen atoms in total. The van der Waals surface area contributed by atoms with Gasteiger partial charge in [-0.2, -0.15) is 0 Å². The van der Waals surface area contributed by atoms with E-state index in [0.29, 0.717) is 6.04 Å². The van der Waals surface area contributed by atoms with Gasteiger partial charge in [-0.25, -0.2) is 4.98 Å². The van der Waals surface area contributed by atoms with Crippen LogP contribution in [0.15, 0.2) is 12.4 Å². The molecular weight excluding hydrogens is 228 g/mol. The summed E-state index contributed by atoms with van der Waals surface area (Å²) in [5.74, 6) is 1.10. The third-order valence-corrected chi connectivity index (χ3v) is 3.45. The molecule has 2 heterocycles. The van der Waals surface area contributed by atoms with Crippen LogP contribution in [0.1, 0.15) is 25.2 Å². The smallest absolute Gasteiger partial charge is 0.125 e. The summed E-state index contributed by atoms with van der Waals surface area (Å²) >= 11 is 0. The van der Waals surface area contributed by atoms with Gasteiger partial charge in [-0.05, 0) is 26.4 Å². The molecule has 1 aliphatic heterocycles. The van der Waals surface area contributed by atoms with Gasteiger partial charge in [0.2, 0.25) is 0 Å². The third-order valence-electron chi connectivity index (χ3n) is 3.45. The van der Waals surface area contributed by atoms with Crippen molar-refractivity contribution in [1.82, 2.24) is 19.8 Å². The fraction of sp³-hybridized carbons (Fsp3) is 0.769. The van der Waals surface area contributed by atoms with Crippen molar-refractivity contribution in [2.24, 2.45) is 7.05 Å². The van der Waals surface area contributed by atoms with Crippen molar-refractivity contribution in [3.05, 3.63) is 18.2 Å². The van der Waals surface area contributed by atoms with Crippen LogP contribution in [0.3, 0.4) is 0 Å². The fourth-order valence-corrected chi connectivity index (χ4v) is 2.33. The molecule has 102 valence electrons. The van der Waals surface area contributed by atoms with Crippen LogP contribution in [0.2, 0.25) is 0 Å². The summed E-state index contributed by atoms with van der Waals surface area (Å²) in [6.07, 6.45) is 5.01. The standard InChI is InChI=1S/C13H24N4O/c1-12(13-15-5-7-16(13)2)14-4-3-6-17-8-10-18-11-9-17/h5,7,12,14H,3-4,6,8-11H2,1-2H3. The van der Waals surface area contributed by atoms with Crippen LogP contribution in [0.4, 0.5) is 0 Å². The zero-order valence-corrected chi connectivity index (χ0v) is 11.4. The Bertz CT molecular complexity index is 347. The van der Waals surface area contributed by atoms with Crippen LogP contribution in [0.25, 0.3) is 0 Å². The molecule has 5 heteroatoms. The van der Waals surface area contributed by atoms with Crippen molar-refractivity contribution < 1.29 is 4.74 Å². The van der Waals surface area contributed by atoms with E-state index in [1.165, 1.54) is 6.42 Å². The van der Waals surface area contributed by atoms with Gasteiger partial charge in [-0.3, -0.25) is 4.90 Å². The number of hydrogen-bond acceptors (Lipinski definition) is 4. The van der Waals surface area contributed by atoms with E-state index in [4.69, 9.17) is 4.74 Å². The van der Waals surface area contributed by atoms with E-state index >= 15 is 0 Å². The summed E-state index contributed by atoms with van der Waals surface area (Å²) in [5, 5.41) is 3.52. The number of rotatable bonds is 6. The summed E-state index contributed by atoms with van der Waals surface area (Å²) in [7, 11) is 2.04. The number of ether oxygens (including phenoxy) is 1. The zero-order valence-electron chi connectivity index (χ0n) is 11.4. The lowest BCUT2D eigenvalue weighted by atomic mass is 10.3. The van der Waals surface area contributed by atoms with Gasteiger partial charge < -0.3 is 14.6 Å². The number of morpholine rings is 1. The van der Waals surface area contributed by atoms with E-state index in [1.54, 1.807) is 0 Å². The Balaban J connectivity index is 1.61. The molecule has 1 aromatic rings. The highest BCUT2D eigenvalue weighted by Crippen LogP contribution is 2.08. The first-order valence-corrected chi connectivity index (χ1v) is 6.78. The van der Waals surface area contributed by atoms with E-state index in [1.807, 2.05) is 19.4 Å². The fourth-order valence-electron chi connectivity index (χ4n) is 2.33. The maximum Gasteiger partial charge on any atom is 0.125 e. The Hall–Kier alpha value is -0.910. The van der Waals surface area contributed by atoms with Gasteiger partial charge in [0, 0.05) is 32.5 Å². The third kappa shape index (κ3) is 3.80. The summed E-state index contributed by atoms with van der Waals surface area (Å²) in [6, 6.07) is 0.315. The lowest BCUT2D eigenvalue weighted by Gasteiger charge is -2.26. The minimum Gasteiger partial charge on any atom is -0.379 e. The first-order chi connectivity index (χ1) is 8.77. The molecule has 0 saturated carbocycles. The summed E-state index contributed by atoms with van der Waals surface area (Å²) in [4.78, 5) is 6.83. The number of hydrogen-bond donors (Lipinski definition) is 1. The maximum atomic E-state index is 5.34. The molecule has 1 unspecified atom stereocenters. The van der Waals surface area contributed by atoms with Crippen LogP contribution >= 0.6 is 0 Å². The van der Waals surface area contributed by atoms with Crippen LogP contribution in [0.5, 0.6) is 0 Å². The molecule has 1 saturated heterocycles. The topological polar surface area (TPSA) is 42.3 Å². The quantitative estimate of drug-likeness (QED) is 0.760. The summed E-state index contributed by atoms with van der Waals surface area (Å²) < 4.78 is 7.41. The molecule has 0 bridgehead atoms. The SMILES string of the molecule is CC(NCCCN1CCOCC1)c1nccn1C. The molecule has 1 N–H and O–H groups in total. The highest BCUT2D eigenvalue weighted by molar-refractivity contribution is 4.96. The minimum absolute atomic E-state index is 0.315. The van der Waals surface area contributed by atoms with E-state index in [0.717, 1.165) is 45.2 Å². The minimum atomic E-state index is 0.315. The number of nitrogens with zero attached hydrogens (tertiary/aromatic N) is 3. The molecule has 0 radical (unpaired) electrons. The lowest BCUT2D eigenvalue weighted by Crippen LogP contribution is -2.37. The first-order valence-electron chi connectivity index (χ1n) is 6.78. The predicted octanol–water partition coefficient (Wildman–Crippen LogP) is 0.793. The monoisotopic (exact) mass is 252 g/mol. The molecule has 1 aromatic heterocycles. The first kappa shape index (κ1) is 13.5. The van der Waals surface area contributed by atoms with E-state index in [2.05, 4.69) is 26.7 Å². The molecule has 1 atom stereocenters. The van der Waals surface area contributed by atoms with Gasteiger partial charge >= 0.3 is 0 Å². The van der Waals surface area contributed by atoms with Crippen molar-refractivity contribution in [1.29, 1.82) is 0 Å². The zero-order chi connectivity index (χ0) is 12.8. The number of aromatic nitrogens is 2. The molecule has 18 heavy (non-hydrogen) atoms. The number of nitrogens with one attached hydrogen (secondary N) is 1. The molecule has 0 aliphatic carbocycles. The Morgan fingerprint density at radius 3 is 2.89 bits per heavy atom. The molecule has 0 aromatic carbocycles. The maximum absolute atomic E-state index is 5.34. The molecular formula is C13H24N4O. The summed E-state index contributed by atoms with van der Waals surface area (Å²) in [5.41, 5.74) is 0. The summed E-state index contributed by atoms with van der Waals surface area (Å²) in [6.45, 7) is 8.28. The Labute approximate surface area is 109 Å². The van der Waals surface area contributed by atoms with Crippen molar-refractivity contribution in [3.63, 3.8) is 0 Å². The van der Waals surface area contributed by atoms with Crippen molar-refractivity contribution in [3.8, 4) is 0 Å². The second-order valence-electron chi connectivity index (χ2n) is 4.88. The van der Waals surface area contributed by atoms with E-state index in [9.17, 15) is 0 Å². The van der Waals surface area contributed by atoms with Crippen LogP contribution in [-0.4, -0.2) is 53.8 Å². The van der Waals surface area contributed by atoms with Crippen molar-refractivity contribution in [2.75, 3.05) is 39.4 Å². The van der Waals surface area contributed by atoms with Gasteiger partial charge in [0.25, 0.3) is 0 Å². The van der Waals surface area contributed by atoms with E-state index in [-0.39, 0.29) is 0 Å². The van der Waals surface area contributed by atoms with Gasteiger partial charge in [0.1, 0.15) is 5.82 Å². The second-order valence-corrected chi connectivity index (χ2v) is 4.88. The van der Waals surface area contributed by atoms with Gasteiger partial charge in [0.05, 0.1) is 19.3 Å². The highest BCUT2D eigenvalue weighted by Gasteiger charge is 2.11. The van der Waals surface area contributed by atoms with Crippen molar-refractivity contribution >= 4 is 0 Å². The van der Waals surface area contributed by atoms with Crippen LogP contribution in [-0.2, 0) is 11.8 Å². The van der Waals surface area contributed by atoms with Crippen LogP contribution < -0.4 is 5.32 Å². The Morgan fingerprint density at radius 1 is 1.44 bits per heavy atom. The Kier molecular flexibility index (Phi) is 5.16. The number of imidazole rings is 1. The average molecular weight is 252 g/mol. The molecule has 0 spiro atoms. The molecule has 0 amide bonds. The normalized spacial score (nSPS) is 19.0. The van der Waals surface area contributed by atoms with Crippen molar-refractivity contribution in [2.45, 2.75) is 19.4 Å². The predicted molar refractivity (Wildman–Crippen MR) is 71.5 cm³/mol. The van der Waals surface area contributed by atoms with Gasteiger partial charge in [-0.1, -0.05) is 0 Å². The van der Waals surface area contributed by atoms with E-state index < -0.39 is 0 Å². The second kappa shape index (κ2) is 6.87. The highest BCUT2D eigenvalue weighted by atomic mass is 16.5. The average Bonchev–Trinajstić information content (AvgIpc) is 2.82. The number of aryl methyl sites for hydroxylation is 1. The molecule has 2 rings (SSSR count). The van der Waals surface area contributed by atoms with Gasteiger partial charge in [0.15, 0.2) is 0 Å². The largest absolute Gasteiger partial charge is 0.379 e. The molecule has 1 aliphatic rings. The Morgan fingerprint density at radius 2 is 2.22 bits per heavy atom. The molecule has 1 fully saturated rings. The lowest BCUT2D eigenvalue weighted by molar-refractivity contribution is 0.0374.